The molecule has 0 unspecified atom stereocenters. The third-order valence-corrected chi connectivity index (χ3v) is 3.69. The van der Waals surface area contributed by atoms with Crippen LogP contribution in [0.1, 0.15) is 5.56 Å². The minimum absolute atomic E-state index is 0.383. The fraction of sp³-hybridized carbons (Fsp3) is 0. The molecule has 0 bridgehead atoms. The summed E-state index contributed by atoms with van der Waals surface area (Å²) in [6.45, 7) is 0. The van der Waals surface area contributed by atoms with Crippen molar-refractivity contribution < 1.29 is 0 Å². The van der Waals surface area contributed by atoms with Gasteiger partial charge in [-0.05, 0) is 36.5 Å². The smallest absolute Gasteiger partial charge is 0.216 e. The van der Waals surface area contributed by atoms with Gasteiger partial charge in [0.2, 0.25) is 4.77 Å². The van der Waals surface area contributed by atoms with Gasteiger partial charge in [0.05, 0.1) is 11.2 Å². The maximum absolute atomic E-state index is 6.12. The van der Waals surface area contributed by atoms with Gasteiger partial charge in [-0.25, -0.2) is 5.10 Å². The van der Waals surface area contributed by atoms with Crippen LogP contribution in [0.2, 0.25) is 10.0 Å². The van der Waals surface area contributed by atoms with Crippen molar-refractivity contribution in [3.63, 3.8) is 0 Å². The molecule has 3 rings (SSSR count). The summed E-state index contributed by atoms with van der Waals surface area (Å²) in [6, 6.07) is 8.83. The van der Waals surface area contributed by atoms with E-state index in [9.17, 15) is 0 Å². The summed E-state index contributed by atoms with van der Waals surface area (Å²) >= 11 is 17.2. The van der Waals surface area contributed by atoms with Crippen LogP contribution in [0.3, 0.4) is 0 Å². The third kappa shape index (κ3) is 3.09. The lowest BCUT2D eigenvalue weighted by Crippen LogP contribution is -1.95. The molecule has 1 N–H and O–H groups in total. The minimum Gasteiger partial charge on any atom is -0.265 e. The van der Waals surface area contributed by atoms with E-state index in [0.717, 1.165) is 11.1 Å². The number of aromatic nitrogens is 4. The Labute approximate surface area is 141 Å². The number of nitrogens with one attached hydrogen (secondary N) is 1. The fourth-order valence-electron chi connectivity index (χ4n) is 1.81. The Hall–Kier alpha value is -2.02. The van der Waals surface area contributed by atoms with Crippen molar-refractivity contribution >= 4 is 41.6 Å². The maximum Gasteiger partial charge on any atom is 0.216 e. The molecule has 0 aliphatic rings. The van der Waals surface area contributed by atoms with E-state index in [4.69, 9.17) is 35.4 Å². The van der Waals surface area contributed by atoms with Gasteiger partial charge in [-0.2, -0.15) is 14.9 Å². The van der Waals surface area contributed by atoms with Gasteiger partial charge in [0.1, 0.15) is 0 Å². The summed E-state index contributed by atoms with van der Waals surface area (Å²) in [7, 11) is 0. The van der Waals surface area contributed by atoms with Crippen LogP contribution in [-0.4, -0.2) is 26.1 Å². The molecule has 8 heteroatoms. The van der Waals surface area contributed by atoms with Crippen LogP contribution in [0.15, 0.2) is 47.8 Å². The zero-order valence-corrected chi connectivity index (χ0v) is 13.4. The van der Waals surface area contributed by atoms with Crippen molar-refractivity contribution in [2.45, 2.75) is 0 Å². The number of hydrogen-bond acceptors (Lipinski definition) is 4. The van der Waals surface area contributed by atoms with Crippen LogP contribution >= 0.6 is 35.4 Å². The highest BCUT2D eigenvalue weighted by atomic mass is 35.5. The second kappa shape index (κ2) is 6.39. The number of H-pyrrole nitrogens is 1. The summed E-state index contributed by atoms with van der Waals surface area (Å²) in [5.41, 5.74) is 1.58. The highest BCUT2D eigenvalue weighted by Gasteiger charge is 2.07. The Morgan fingerprint density at radius 1 is 1.18 bits per heavy atom. The van der Waals surface area contributed by atoms with Crippen molar-refractivity contribution in [3.05, 3.63) is 63.1 Å². The Balaban J connectivity index is 2.01. The normalized spacial score (nSPS) is 11.2. The molecule has 0 fully saturated rings. The quantitative estimate of drug-likeness (QED) is 0.569. The van der Waals surface area contributed by atoms with Crippen LogP contribution in [-0.2, 0) is 0 Å². The molecule has 0 saturated heterocycles. The molecular formula is C14H9Cl2N5S. The SMILES string of the molecule is S=c1[nH]nc(-c2ccncc2)n1N=Cc1ccc(Cl)cc1Cl. The van der Waals surface area contributed by atoms with Crippen LogP contribution < -0.4 is 0 Å². The molecule has 0 spiro atoms. The number of pyridine rings is 1. The molecule has 0 amide bonds. The van der Waals surface area contributed by atoms with Crippen molar-refractivity contribution in [2.24, 2.45) is 5.10 Å². The summed E-state index contributed by atoms with van der Waals surface area (Å²) in [6.07, 6.45) is 4.96. The fourth-order valence-corrected chi connectivity index (χ4v) is 2.45. The lowest BCUT2D eigenvalue weighted by molar-refractivity contribution is 0.871. The van der Waals surface area contributed by atoms with E-state index in [0.29, 0.717) is 20.6 Å². The number of hydrogen-bond donors (Lipinski definition) is 1. The van der Waals surface area contributed by atoms with Crippen LogP contribution in [0.4, 0.5) is 0 Å². The molecular weight excluding hydrogens is 341 g/mol. The highest BCUT2D eigenvalue weighted by molar-refractivity contribution is 7.71. The van der Waals surface area contributed by atoms with E-state index in [-0.39, 0.29) is 0 Å². The molecule has 5 nitrogen and oxygen atoms in total. The molecule has 2 aromatic heterocycles. The van der Waals surface area contributed by atoms with Gasteiger partial charge in [0.25, 0.3) is 0 Å². The van der Waals surface area contributed by atoms with E-state index in [1.165, 1.54) is 4.68 Å². The largest absolute Gasteiger partial charge is 0.265 e. The first-order valence-electron chi connectivity index (χ1n) is 6.22. The maximum atomic E-state index is 6.12. The van der Waals surface area contributed by atoms with Gasteiger partial charge in [-0.3, -0.25) is 4.98 Å². The van der Waals surface area contributed by atoms with Crippen LogP contribution in [0, 0.1) is 4.77 Å². The Bertz CT molecular complexity index is 886. The Morgan fingerprint density at radius 3 is 2.68 bits per heavy atom. The summed E-state index contributed by atoms with van der Waals surface area (Å²) < 4.78 is 1.91. The molecule has 0 aliphatic carbocycles. The van der Waals surface area contributed by atoms with Crippen LogP contribution in [0.25, 0.3) is 11.4 Å². The molecule has 0 saturated carbocycles. The predicted molar refractivity (Wildman–Crippen MR) is 90.1 cm³/mol. The molecule has 0 atom stereocenters. The Morgan fingerprint density at radius 2 is 1.95 bits per heavy atom. The minimum atomic E-state index is 0.383. The lowest BCUT2D eigenvalue weighted by atomic mass is 10.2. The van der Waals surface area contributed by atoms with Crippen molar-refractivity contribution in [1.29, 1.82) is 0 Å². The molecule has 2 heterocycles. The average Bonchev–Trinajstić information content (AvgIpc) is 2.88. The van der Waals surface area contributed by atoms with E-state index in [2.05, 4.69) is 20.3 Å². The van der Waals surface area contributed by atoms with Gasteiger partial charge < -0.3 is 0 Å². The molecule has 0 radical (unpaired) electrons. The molecule has 22 heavy (non-hydrogen) atoms. The van der Waals surface area contributed by atoms with Gasteiger partial charge in [0, 0.05) is 28.5 Å². The molecule has 3 aromatic rings. The first-order chi connectivity index (χ1) is 10.6. The summed E-state index contributed by atoms with van der Waals surface area (Å²) in [4.78, 5) is 3.98. The number of benzene rings is 1. The van der Waals surface area contributed by atoms with Crippen LogP contribution in [0.5, 0.6) is 0 Å². The number of halogens is 2. The van der Waals surface area contributed by atoms with Crippen molar-refractivity contribution in [3.8, 4) is 11.4 Å². The van der Waals surface area contributed by atoms with Gasteiger partial charge in [-0.1, -0.05) is 29.3 Å². The number of rotatable bonds is 3. The van der Waals surface area contributed by atoms with E-state index >= 15 is 0 Å². The van der Waals surface area contributed by atoms with Crippen molar-refractivity contribution in [1.82, 2.24) is 19.9 Å². The summed E-state index contributed by atoms with van der Waals surface area (Å²) in [5.74, 6) is 0.591. The van der Waals surface area contributed by atoms with E-state index in [1.807, 2.05) is 12.1 Å². The standard InChI is InChI=1S/C14H9Cl2N5S/c15-11-2-1-10(12(16)7-11)8-18-21-13(19-20-14(21)22)9-3-5-17-6-4-9/h1-8H,(H,20,22). The zero-order chi connectivity index (χ0) is 15.5. The monoisotopic (exact) mass is 349 g/mol. The third-order valence-electron chi connectivity index (χ3n) is 2.86. The Kier molecular flexibility index (Phi) is 4.33. The van der Waals surface area contributed by atoms with Gasteiger partial charge in [0.15, 0.2) is 5.82 Å². The number of aromatic amines is 1. The first kappa shape index (κ1) is 14.9. The second-order valence-corrected chi connectivity index (χ2v) is 5.54. The molecule has 110 valence electrons. The first-order valence-corrected chi connectivity index (χ1v) is 7.39. The van der Waals surface area contributed by atoms with E-state index in [1.54, 1.807) is 36.8 Å². The number of nitrogens with zero attached hydrogens (tertiary/aromatic N) is 4. The van der Waals surface area contributed by atoms with Crippen molar-refractivity contribution in [2.75, 3.05) is 0 Å². The molecule has 0 aliphatic heterocycles. The van der Waals surface area contributed by atoms with Gasteiger partial charge in [-0.15, -0.1) is 0 Å². The van der Waals surface area contributed by atoms with E-state index < -0.39 is 0 Å². The molecule has 1 aromatic carbocycles. The second-order valence-electron chi connectivity index (χ2n) is 4.31. The average molecular weight is 350 g/mol. The zero-order valence-electron chi connectivity index (χ0n) is 11.1. The lowest BCUT2D eigenvalue weighted by Gasteiger charge is -2.01. The van der Waals surface area contributed by atoms with Gasteiger partial charge >= 0.3 is 0 Å². The predicted octanol–water partition coefficient (Wildman–Crippen LogP) is 4.19. The topological polar surface area (TPSA) is 58.9 Å². The highest BCUT2D eigenvalue weighted by Crippen LogP contribution is 2.20. The summed E-state index contributed by atoms with van der Waals surface area (Å²) in [5, 5.41) is 12.3.